The molecule has 0 bridgehead atoms. The summed E-state index contributed by atoms with van der Waals surface area (Å²) < 4.78 is 10.3. The molecule has 120 valence electrons. The molecule has 2 N–H and O–H groups in total. The molecule has 0 heterocycles. The minimum absolute atomic E-state index is 0.0209. The first-order valence-corrected chi connectivity index (χ1v) is 6.82. The number of aliphatic hydroxyl groups is 2. The number of Topliss-reactive ketones (excluding diaryl/α,β-unsaturated/α-hetero) is 1. The van der Waals surface area contributed by atoms with Gasteiger partial charge in [-0.15, -0.1) is 0 Å². The van der Waals surface area contributed by atoms with E-state index < -0.39 is 18.0 Å². The molecule has 0 aromatic heterocycles. The van der Waals surface area contributed by atoms with Crippen molar-refractivity contribution in [2.75, 3.05) is 7.11 Å². The molecule has 0 amide bonds. The minimum Gasteiger partial charge on any atom is -0.488 e. The summed E-state index contributed by atoms with van der Waals surface area (Å²) in [5, 5.41) is 17.9. The number of methoxy groups -OCH3 is 1. The molecule has 0 aliphatic rings. The zero-order valence-electron chi connectivity index (χ0n) is 12.4. The molecule has 6 nitrogen and oxygen atoms in total. The van der Waals surface area contributed by atoms with E-state index in [1.807, 2.05) is 30.3 Å². The van der Waals surface area contributed by atoms with Gasteiger partial charge in [0.25, 0.3) is 0 Å². The Morgan fingerprint density at radius 1 is 1.09 bits per heavy atom. The van der Waals surface area contributed by atoms with E-state index in [-0.39, 0.29) is 23.5 Å². The maximum absolute atomic E-state index is 11.9. The highest BCUT2D eigenvalue weighted by Gasteiger charge is 2.20. The van der Waals surface area contributed by atoms with Gasteiger partial charge in [0.15, 0.2) is 0 Å². The Morgan fingerprint density at radius 2 is 1.78 bits per heavy atom. The van der Waals surface area contributed by atoms with Gasteiger partial charge in [-0.3, -0.25) is 4.79 Å². The van der Waals surface area contributed by atoms with Gasteiger partial charge in [-0.2, -0.15) is 0 Å². The van der Waals surface area contributed by atoms with Crippen molar-refractivity contribution in [1.29, 1.82) is 0 Å². The Kier molecular flexibility index (Phi) is 5.46. The lowest BCUT2D eigenvalue weighted by molar-refractivity contribution is -0.0195. The number of benzene rings is 2. The molecule has 2 rings (SSSR count). The fourth-order valence-electron chi connectivity index (χ4n) is 1.96. The summed E-state index contributed by atoms with van der Waals surface area (Å²) in [6, 6.07) is 13.3. The average molecular weight is 316 g/mol. The summed E-state index contributed by atoms with van der Waals surface area (Å²) in [5.41, 5.74) is 0.927. The van der Waals surface area contributed by atoms with E-state index in [4.69, 9.17) is 14.9 Å². The van der Waals surface area contributed by atoms with Gasteiger partial charge in [0.2, 0.25) is 12.1 Å². The first-order chi connectivity index (χ1) is 11.0. The van der Waals surface area contributed by atoms with Crippen molar-refractivity contribution >= 4 is 11.8 Å². The van der Waals surface area contributed by atoms with Crippen molar-refractivity contribution < 1.29 is 29.3 Å². The van der Waals surface area contributed by atoms with Gasteiger partial charge in [0.1, 0.15) is 17.9 Å². The van der Waals surface area contributed by atoms with Crippen LogP contribution in [0.3, 0.4) is 0 Å². The topological polar surface area (TPSA) is 93.1 Å². The predicted molar refractivity (Wildman–Crippen MR) is 81.1 cm³/mol. The largest absolute Gasteiger partial charge is 0.488 e. The number of ether oxygens (including phenoxy) is 2. The molecular weight excluding hydrogens is 300 g/mol. The number of esters is 1. The molecule has 2 aromatic rings. The molecule has 0 radical (unpaired) electrons. The van der Waals surface area contributed by atoms with Crippen molar-refractivity contribution in [3.05, 3.63) is 65.2 Å². The molecule has 0 atom stereocenters. The minimum atomic E-state index is -2.14. The summed E-state index contributed by atoms with van der Waals surface area (Å²) in [6.45, 7) is 0.237. The molecular formula is C17H16O6. The van der Waals surface area contributed by atoms with Gasteiger partial charge in [0, 0.05) is 5.56 Å². The van der Waals surface area contributed by atoms with E-state index >= 15 is 0 Å². The Bertz CT molecular complexity index is 693. The van der Waals surface area contributed by atoms with Gasteiger partial charge in [-0.1, -0.05) is 30.3 Å². The molecule has 0 aliphatic heterocycles. The van der Waals surface area contributed by atoms with Crippen LogP contribution in [0.1, 0.15) is 26.3 Å². The molecule has 0 spiro atoms. The standard InChI is InChI=1S/C17H16O6/c1-22-17(21)13-9-12(15(18)16(19)20)7-8-14(13)23-10-11-5-3-2-4-6-11/h2-9,16,19-20H,10H2,1H3. The number of rotatable bonds is 6. The second kappa shape index (κ2) is 7.53. The number of carbonyl (C=O) groups excluding carboxylic acids is 2. The summed E-state index contributed by atoms with van der Waals surface area (Å²) in [4.78, 5) is 23.5. The third kappa shape index (κ3) is 4.15. The van der Waals surface area contributed by atoms with E-state index in [2.05, 4.69) is 4.74 Å². The lowest BCUT2D eigenvalue weighted by Gasteiger charge is -2.12. The molecule has 0 unspecified atom stereocenters. The molecule has 6 heteroatoms. The van der Waals surface area contributed by atoms with Gasteiger partial charge in [-0.25, -0.2) is 4.79 Å². The monoisotopic (exact) mass is 316 g/mol. The molecule has 23 heavy (non-hydrogen) atoms. The maximum atomic E-state index is 11.9. The summed E-state index contributed by atoms with van der Waals surface area (Å²) >= 11 is 0. The molecule has 0 fully saturated rings. The van der Waals surface area contributed by atoms with Gasteiger partial charge in [0.05, 0.1) is 7.11 Å². The van der Waals surface area contributed by atoms with Gasteiger partial charge >= 0.3 is 5.97 Å². The van der Waals surface area contributed by atoms with Crippen LogP contribution < -0.4 is 4.74 Å². The van der Waals surface area contributed by atoms with Gasteiger partial charge in [-0.05, 0) is 23.8 Å². The number of hydrogen-bond donors (Lipinski definition) is 2. The van der Waals surface area contributed by atoms with Crippen LogP contribution in [0.15, 0.2) is 48.5 Å². The van der Waals surface area contributed by atoms with Crippen molar-refractivity contribution in [2.45, 2.75) is 12.9 Å². The summed E-state index contributed by atoms with van der Waals surface area (Å²) in [5.74, 6) is -1.36. The molecule has 0 saturated heterocycles. The van der Waals surface area contributed by atoms with Crippen LogP contribution in [0.2, 0.25) is 0 Å². The first kappa shape index (κ1) is 16.7. The van der Waals surface area contributed by atoms with E-state index in [0.29, 0.717) is 0 Å². The fourth-order valence-corrected chi connectivity index (χ4v) is 1.96. The highest BCUT2D eigenvalue weighted by atomic mass is 16.5. The zero-order valence-corrected chi connectivity index (χ0v) is 12.4. The van der Waals surface area contributed by atoms with E-state index in [0.717, 1.165) is 5.56 Å². The average Bonchev–Trinajstić information content (AvgIpc) is 2.59. The lowest BCUT2D eigenvalue weighted by atomic mass is 10.1. The number of carbonyl (C=O) groups is 2. The lowest BCUT2D eigenvalue weighted by Crippen LogP contribution is -2.20. The van der Waals surface area contributed by atoms with Crippen LogP contribution >= 0.6 is 0 Å². The summed E-state index contributed by atoms with van der Waals surface area (Å²) in [7, 11) is 1.21. The van der Waals surface area contributed by atoms with Crippen LogP contribution in [0.4, 0.5) is 0 Å². The highest BCUT2D eigenvalue weighted by Crippen LogP contribution is 2.23. The number of aliphatic hydroxyl groups excluding tert-OH is 1. The van der Waals surface area contributed by atoms with Crippen molar-refractivity contribution in [1.82, 2.24) is 0 Å². The Labute approximate surface area is 132 Å². The normalized spacial score (nSPS) is 10.4. The Balaban J connectivity index is 2.27. The Morgan fingerprint density at radius 3 is 2.39 bits per heavy atom. The Hall–Kier alpha value is -2.70. The third-order valence-electron chi connectivity index (χ3n) is 3.14. The van der Waals surface area contributed by atoms with Crippen LogP contribution in [-0.4, -0.2) is 35.4 Å². The number of hydrogen-bond acceptors (Lipinski definition) is 6. The quantitative estimate of drug-likeness (QED) is 0.477. The first-order valence-electron chi connectivity index (χ1n) is 6.82. The molecule has 0 aliphatic carbocycles. The second-order valence-corrected chi connectivity index (χ2v) is 4.71. The van der Waals surface area contributed by atoms with Crippen molar-refractivity contribution in [3.63, 3.8) is 0 Å². The zero-order chi connectivity index (χ0) is 16.8. The van der Waals surface area contributed by atoms with Crippen LogP contribution in [0, 0.1) is 0 Å². The number of ketones is 1. The van der Waals surface area contributed by atoms with Crippen LogP contribution in [0.5, 0.6) is 5.75 Å². The smallest absolute Gasteiger partial charge is 0.341 e. The SMILES string of the molecule is COC(=O)c1cc(C(=O)C(O)O)ccc1OCc1ccccc1. The molecule has 0 saturated carbocycles. The van der Waals surface area contributed by atoms with Crippen LogP contribution in [0.25, 0.3) is 0 Å². The fraction of sp³-hybridized carbons (Fsp3) is 0.176. The third-order valence-corrected chi connectivity index (χ3v) is 3.14. The van der Waals surface area contributed by atoms with Crippen LogP contribution in [-0.2, 0) is 11.3 Å². The van der Waals surface area contributed by atoms with Gasteiger partial charge < -0.3 is 19.7 Å². The maximum Gasteiger partial charge on any atom is 0.341 e. The summed E-state index contributed by atoms with van der Waals surface area (Å²) in [6.07, 6.45) is -2.14. The van der Waals surface area contributed by atoms with Crippen molar-refractivity contribution in [2.24, 2.45) is 0 Å². The van der Waals surface area contributed by atoms with Crippen molar-refractivity contribution in [3.8, 4) is 5.75 Å². The predicted octanol–water partition coefficient (Wildman–Crippen LogP) is 1.55. The highest BCUT2D eigenvalue weighted by molar-refractivity contribution is 6.01. The van der Waals surface area contributed by atoms with E-state index in [1.54, 1.807) is 0 Å². The molecule has 2 aromatic carbocycles. The second-order valence-electron chi connectivity index (χ2n) is 4.71. The van der Waals surface area contributed by atoms with E-state index in [1.165, 1.54) is 25.3 Å². The van der Waals surface area contributed by atoms with E-state index in [9.17, 15) is 9.59 Å².